The Morgan fingerprint density at radius 3 is 3.06 bits per heavy atom. The van der Waals surface area contributed by atoms with E-state index in [0.717, 1.165) is 17.7 Å². The van der Waals surface area contributed by atoms with Crippen LogP contribution in [0.2, 0.25) is 0 Å². The molecule has 0 saturated carbocycles. The van der Waals surface area contributed by atoms with Crippen molar-refractivity contribution in [2.45, 2.75) is 18.4 Å². The van der Waals surface area contributed by atoms with E-state index in [2.05, 4.69) is 11.4 Å². The second kappa shape index (κ2) is 4.05. The van der Waals surface area contributed by atoms with Crippen LogP contribution >= 0.6 is 0 Å². The number of rotatable bonds is 2. The van der Waals surface area contributed by atoms with E-state index in [0.29, 0.717) is 5.75 Å². The quantitative estimate of drug-likeness (QED) is 0.785. The Kier molecular flexibility index (Phi) is 2.51. The summed E-state index contributed by atoms with van der Waals surface area (Å²) in [6, 6.07) is 5.12. The normalized spacial score (nSPS) is 28.2. The maximum absolute atomic E-state index is 11.3. The van der Waals surface area contributed by atoms with E-state index in [1.807, 2.05) is 24.3 Å². The molecule has 1 heterocycles. The summed E-state index contributed by atoms with van der Waals surface area (Å²) in [6.45, 7) is 0. The highest BCUT2D eigenvalue weighted by Crippen LogP contribution is 2.47. The number of carboxylic acids is 1. The molecule has 0 saturated heterocycles. The molecule has 0 spiro atoms. The van der Waals surface area contributed by atoms with Crippen LogP contribution in [0.15, 0.2) is 30.4 Å². The molecule has 1 N–H and O–H groups in total. The van der Waals surface area contributed by atoms with Crippen LogP contribution in [0.5, 0.6) is 5.75 Å². The lowest BCUT2D eigenvalue weighted by Gasteiger charge is -2.38. The number of aliphatic carboxylic acids is 1. The van der Waals surface area contributed by atoms with Crippen LogP contribution in [-0.4, -0.2) is 19.1 Å². The molecule has 18 heavy (non-hydrogen) atoms. The van der Waals surface area contributed by atoms with Crippen LogP contribution in [0.25, 0.3) is 0 Å². The molecule has 3 atom stereocenters. The van der Waals surface area contributed by atoms with Gasteiger partial charge in [-0.2, -0.15) is 0 Å². The van der Waals surface area contributed by atoms with Crippen LogP contribution in [0.3, 0.4) is 0 Å². The maximum atomic E-state index is 11.3. The SMILES string of the molecule is COc1cccc2c1N[C@H](C(=O)[O-])[C@H]1CC=C[C@H]21. The van der Waals surface area contributed by atoms with E-state index in [1.165, 1.54) is 0 Å². The summed E-state index contributed by atoms with van der Waals surface area (Å²) in [5.74, 6) is -0.198. The Labute approximate surface area is 105 Å². The molecule has 1 aliphatic carbocycles. The van der Waals surface area contributed by atoms with Crippen molar-refractivity contribution < 1.29 is 14.6 Å². The van der Waals surface area contributed by atoms with Crippen molar-refractivity contribution in [3.8, 4) is 5.75 Å². The summed E-state index contributed by atoms with van der Waals surface area (Å²) in [7, 11) is 1.59. The van der Waals surface area contributed by atoms with Crippen LogP contribution in [-0.2, 0) is 4.79 Å². The van der Waals surface area contributed by atoms with Crippen molar-refractivity contribution >= 4 is 11.7 Å². The first-order chi connectivity index (χ1) is 8.72. The lowest BCUT2D eigenvalue weighted by Crippen LogP contribution is -2.48. The standard InChI is InChI=1S/C14H15NO3/c1-18-11-7-3-6-9-8-4-2-5-10(8)13(14(16)17)15-12(9)11/h2-4,6-8,10,13,15H,5H2,1H3,(H,16,17)/p-1/t8-,10+,13+/m1/s1. The first-order valence-electron chi connectivity index (χ1n) is 6.03. The lowest BCUT2D eigenvalue weighted by molar-refractivity contribution is -0.308. The molecular formula is C14H14NO3-. The van der Waals surface area contributed by atoms with Gasteiger partial charge in [0.2, 0.25) is 0 Å². The Morgan fingerprint density at radius 2 is 2.33 bits per heavy atom. The van der Waals surface area contributed by atoms with Gasteiger partial charge < -0.3 is 20.0 Å². The number of allylic oxidation sites excluding steroid dienone is 2. The first-order valence-corrected chi connectivity index (χ1v) is 6.03. The number of nitrogens with one attached hydrogen (secondary N) is 1. The molecule has 4 nitrogen and oxygen atoms in total. The fraction of sp³-hybridized carbons (Fsp3) is 0.357. The minimum absolute atomic E-state index is 0.0367. The van der Waals surface area contributed by atoms with Crippen LogP contribution < -0.4 is 15.2 Å². The van der Waals surface area contributed by atoms with Gasteiger partial charge in [0.25, 0.3) is 0 Å². The second-order valence-corrected chi connectivity index (χ2v) is 4.72. The van der Waals surface area contributed by atoms with Crippen LogP contribution in [0.4, 0.5) is 5.69 Å². The van der Waals surface area contributed by atoms with Gasteiger partial charge in [-0.15, -0.1) is 0 Å². The Bertz CT molecular complexity index is 524. The van der Waals surface area contributed by atoms with E-state index in [4.69, 9.17) is 4.74 Å². The molecule has 0 bridgehead atoms. The third kappa shape index (κ3) is 1.49. The number of methoxy groups -OCH3 is 1. The van der Waals surface area contributed by atoms with Crippen LogP contribution in [0, 0.1) is 5.92 Å². The third-order valence-electron chi connectivity index (χ3n) is 3.83. The number of hydrogen-bond donors (Lipinski definition) is 1. The van der Waals surface area contributed by atoms with Gasteiger partial charge in [-0.25, -0.2) is 0 Å². The lowest BCUT2D eigenvalue weighted by atomic mass is 9.79. The summed E-state index contributed by atoms with van der Waals surface area (Å²) in [5, 5.41) is 14.3. The Hall–Kier alpha value is -1.97. The van der Waals surface area contributed by atoms with Gasteiger partial charge in [-0.3, -0.25) is 0 Å². The van der Waals surface area contributed by atoms with E-state index in [1.54, 1.807) is 7.11 Å². The van der Waals surface area contributed by atoms with Crippen molar-refractivity contribution in [3.05, 3.63) is 35.9 Å². The number of ether oxygens (including phenoxy) is 1. The Balaban J connectivity index is 2.11. The molecule has 2 aliphatic rings. The molecule has 1 aromatic rings. The molecule has 4 heteroatoms. The summed E-state index contributed by atoms with van der Waals surface area (Å²) in [5.41, 5.74) is 1.88. The second-order valence-electron chi connectivity index (χ2n) is 4.72. The minimum Gasteiger partial charge on any atom is -0.548 e. The van der Waals surface area contributed by atoms with Gasteiger partial charge in [0.05, 0.1) is 24.8 Å². The maximum Gasteiger partial charge on any atom is 0.142 e. The van der Waals surface area contributed by atoms with E-state index < -0.39 is 12.0 Å². The third-order valence-corrected chi connectivity index (χ3v) is 3.83. The highest BCUT2D eigenvalue weighted by Gasteiger charge is 2.38. The number of carbonyl (C=O) groups is 1. The topological polar surface area (TPSA) is 61.4 Å². The molecule has 0 aromatic heterocycles. The van der Waals surface area contributed by atoms with E-state index in [-0.39, 0.29) is 11.8 Å². The molecule has 0 amide bonds. The van der Waals surface area contributed by atoms with Crippen LogP contribution in [0.1, 0.15) is 17.9 Å². The molecule has 1 aliphatic heterocycles. The molecule has 0 unspecified atom stereocenters. The van der Waals surface area contributed by atoms with Crippen molar-refractivity contribution in [2.75, 3.05) is 12.4 Å². The number of carbonyl (C=O) groups excluding carboxylic acids is 1. The van der Waals surface area contributed by atoms with Gasteiger partial charge in [-0.1, -0.05) is 24.3 Å². The average molecular weight is 244 g/mol. The monoisotopic (exact) mass is 244 g/mol. The molecule has 3 rings (SSSR count). The number of para-hydroxylation sites is 1. The summed E-state index contributed by atoms with van der Waals surface area (Å²) >= 11 is 0. The smallest absolute Gasteiger partial charge is 0.142 e. The van der Waals surface area contributed by atoms with Gasteiger partial charge in [-0.05, 0) is 24.0 Å². The molecule has 0 fully saturated rings. The van der Waals surface area contributed by atoms with Crippen molar-refractivity contribution in [1.29, 1.82) is 0 Å². The highest BCUT2D eigenvalue weighted by atomic mass is 16.5. The zero-order valence-corrected chi connectivity index (χ0v) is 10.1. The van der Waals surface area contributed by atoms with Crippen molar-refractivity contribution in [2.24, 2.45) is 5.92 Å². The predicted molar refractivity (Wildman–Crippen MR) is 65.4 cm³/mol. The fourth-order valence-electron chi connectivity index (χ4n) is 3.00. The number of benzene rings is 1. The highest BCUT2D eigenvalue weighted by molar-refractivity contribution is 5.81. The largest absolute Gasteiger partial charge is 0.548 e. The van der Waals surface area contributed by atoms with Gasteiger partial charge in [0.1, 0.15) is 5.75 Å². The number of carboxylic acid groups (broad SMARTS) is 1. The summed E-state index contributed by atoms with van der Waals surface area (Å²) in [6.07, 6.45) is 4.90. The zero-order valence-electron chi connectivity index (χ0n) is 10.1. The van der Waals surface area contributed by atoms with Gasteiger partial charge in [0, 0.05) is 5.92 Å². The zero-order chi connectivity index (χ0) is 12.7. The number of hydrogen-bond acceptors (Lipinski definition) is 4. The molecular weight excluding hydrogens is 230 g/mol. The minimum atomic E-state index is -1.05. The molecule has 94 valence electrons. The summed E-state index contributed by atoms with van der Waals surface area (Å²) < 4.78 is 5.29. The summed E-state index contributed by atoms with van der Waals surface area (Å²) in [4.78, 5) is 11.3. The Morgan fingerprint density at radius 1 is 1.50 bits per heavy atom. The molecule has 1 aromatic carbocycles. The first kappa shape index (κ1) is 11.1. The van der Waals surface area contributed by atoms with E-state index >= 15 is 0 Å². The van der Waals surface area contributed by atoms with Gasteiger partial charge in [0.15, 0.2) is 0 Å². The number of fused-ring (bicyclic) bond motifs is 3. The molecule has 0 radical (unpaired) electrons. The fourth-order valence-corrected chi connectivity index (χ4v) is 3.00. The van der Waals surface area contributed by atoms with Crippen molar-refractivity contribution in [3.63, 3.8) is 0 Å². The van der Waals surface area contributed by atoms with Gasteiger partial charge >= 0.3 is 0 Å². The van der Waals surface area contributed by atoms with E-state index in [9.17, 15) is 9.90 Å². The van der Waals surface area contributed by atoms with Crippen molar-refractivity contribution in [1.82, 2.24) is 0 Å². The predicted octanol–water partition coefficient (Wildman–Crippen LogP) is 0.899. The average Bonchev–Trinajstić information content (AvgIpc) is 2.86. The number of anilines is 1.